The normalized spacial score (nSPS) is 11.4. The minimum atomic E-state index is -0.0339. The number of nitrogens with one attached hydrogen (secondary N) is 3. The number of carbonyl (C=O) groups excluding carboxylic acids is 1. The molecule has 6 heterocycles. The summed E-state index contributed by atoms with van der Waals surface area (Å²) in [6, 6.07) is 13.6. The van der Waals surface area contributed by atoms with Gasteiger partial charge in [0.05, 0.1) is 34.5 Å². The Bertz CT molecular complexity index is 1740. The van der Waals surface area contributed by atoms with E-state index in [0.29, 0.717) is 17.8 Å². The van der Waals surface area contributed by atoms with Crippen molar-refractivity contribution in [2.75, 3.05) is 5.32 Å². The molecule has 0 atom stereocenters. The number of aromatic amines is 2. The van der Waals surface area contributed by atoms with Gasteiger partial charge in [0.25, 0.3) is 0 Å². The van der Waals surface area contributed by atoms with Crippen molar-refractivity contribution >= 4 is 33.5 Å². The van der Waals surface area contributed by atoms with Gasteiger partial charge in [0.2, 0.25) is 5.91 Å². The Hall–Kier alpha value is -4.92. The van der Waals surface area contributed by atoms with Crippen molar-refractivity contribution < 1.29 is 4.79 Å². The number of aromatic nitrogens is 7. The van der Waals surface area contributed by atoms with Crippen LogP contribution in [0, 0.1) is 5.92 Å². The van der Waals surface area contributed by atoms with Gasteiger partial charge in [0.1, 0.15) is 11.2 Å². The molecule has 0 aliphatic carbocycles. The lowest BCUT2D eigenvalue weighted by Crippen LogP contribution is -2.13. The average molecular weight is 489 g/mol. The number of hydrogen-bond acceptors (Lipinski definition) is 6. The van der Waals surface area contributed by atoms with Crippen LogP contribution in [-0.2, 0) is 4.79 Å². The summed E-state index contributed by atoms with van der Waals surface area (Å²) in [6.07, 6.45) is 9.16. The third-order valence-corrected chi connectivity index (χ3v) is 6.06. The Kier molecular flexibility index (Phi) is 5.65. The van der Waals surface area contributed by atoms with Gasteiger partial charge in [-0.2, -0.15) is 5.10 Å². The summed E-state index contributed by atoms with van der Waals surface area (Å²) in [6.45, 7) is 4.03. The summed E-state index contributed by atoms with van der Waals surface area (Å²) >= 11 is 0. The fourth-order valence-electron chi connectivity index (χ4n) is 4.39. The van der Waals surface area contributed by atoms with Crippen molar-refractivity contribution in [1.82, 2.24) is 35.1 Å². The Balaban J connectivity index is 1.38. The second kappa shape index (κ2) is 9.27. The van der Waals surface area contributed by atoms with Crippen molar-refractivity contribution in [2.24, 2.45) is 5.92 Å². The molecule has 0 spiro atoms. The molecule has 0 aliphatic rings. The fourth-order valence-corrected chi connectivity index (χ4v) is 4.39. The highest BCUT2D eigenvalue weighted by Crippen LogP contribution is 2.33. The van der Waals surface area contributed by atoms with Crippen molar-refractivity contribution in [3.05, 3.63) is 73.4 Å². The van der Waals surface area contributed by atoms with Crippen LogP contribution >= 0.6 is 0 Å². The molecule has 0 unspecified atom stereocenters. The highest BCUT2D eigenvalue weighted by atomic mass is 16.1. The van der Waals surface area contributed by atoms with E-state index in [9.17, 15) is 4.79 Å². The monoisotopic (exact) mass is 488 g/mol. The summed E-state index contributed by atoms with van der Waals surface area (Å²) in [4.78, 5) is 33.7. The van der Waals surface area contributed by atoms with E-state index in [2.05, 4.69) is 35.5 Å². The van der Waals surface area contributed by atoms with E-state index >= 15 is 0 Å². The molecule has 0 saturated heterocycles. The Morgan fingerprint density at radius 1 is 0.946 bits per heavy atom. The Morgan fingerprint density at radius 3 is 2.68 bits per heavy atom. The van der Waals surface area contributed by atoms with Crippen LogP contribution in [0.4, 0.5) is 5.69 Å². The lowest BCUT2D eigenvalue weighted by molar-refractivity contribution is -0.116. The van der Waals surface area contributed by atoms with Gasteiger partial charge < -0.3 is 10.3 Å². The van der Waals surface area contributed by atoms with Crippen LogP contribution in [-0.4, -0.2) is 41.0 Å². The zero-order valence-corrected chi connectivity index (χ0v) is 20.4. The fraction of sp³-hybridized carbons (Fsp3) is 0.143. The summed E-state index contributed by atoms with van der Waals surface area (Å²) in [5.41, 5.74) is 8.01. The summed E-state index contributed by atoms with van der Waals surface area (Å²) in [5, 5.41) is 11.5. The van der Waals surface area contributed by atoms with E-state index in [1.165, 1.54) is 0 Å². The molecule has 0 radical (unpaired) electrons. The molecule has 0 fully saturated rings. The van der Waals surface area contributed by atoms with Crippen molar-refractivity contribution in [2.45, 2.75) is 20.3 Å². The van der Waals surface area contributed by atoms with Crippen molar-refractivity contribution in [1.29, 1.82) is 0 Å². The largest absolute Gasteiger partial charge is 0.353 e. The first kappa shape index (κ1) is 22.5. The zero-order chi connectivity index (χ0) is 25.4. The predicted octanol–water partition coefficient (Wildman–Crippen LogP) is 5.61. The van der Waals surface area contributed by atoms with Crippen LogP contribution in [0.1, 0.15) is 20.3 Å². The quantitative estimate of drug-likeness (QED) is 0.280. The lowest BCUT2D eigenvalue weighted by Gasteiger charge is -2.08. The molecular weight excluding hydrogens is 464 g/mol. The maximum Gasteiger partial charge on any atom is 0.224 e. The molecule has 6 aromatic rings. The minimum absolute atomic E-state index is 0.0339. The molecule has 9 nitrogen and oxygen atoms in total. The molecule has 9 heteroatoms. The van der Waals surface area contributed by atoms with Gasteiger partial charge in [0.15, 0.2) is 0 Å². The second-order valence-electron chi connectivity index (χ2n) is 9.32. The molecule has 0 saturated carbocycles. The first-order chi connectivity index (χ1) is 18.0. The van der Waals surface area contributed by atoms with Gasteiger partial charge >= 0.3 is 0 Å². The van der Waals surface area contributed by atoms with Gasteiger partial charge in [-0.25, -0.2) is 4.98 Å². The maximum atomic E-state index is 12.2. The molecular formula is C28H24N8O. The van der Waals surface area contributed by atoms with E-state index in [0.717, 1.165) is 50.1 Å². The molecule has 0 aliphatic heterocycles. The van der Waals surface area contributed by atoms with Gasteiger partial charge in [-0.3, -0.25) is 24.8 Å². The van der Waals surface area contributed by atoms with Crippen LogP contribution in [0.3, 0.4) is 0 Å². The van der Waals surface area contributed by atoms with E-state index in [4.69, 9.17) is 4.98 Å². The summed E-state index contributed by atoms with van der Waals surface area (Å²) in [7, 11) is 0. The minimum Gasteiger partial charge on any atom is -0.353 e. The molecule has 6 aromatic heterocycles. The summed E-state index contributed by atoms with van der Waals surface area (Å²) in [5.74, 6) is 0.244. The van der Waals surface area contributed by atoms with Crippen molar-refractivity contribution in [3.8, 4) is 33.9 Å². The SMILES string of the molecule is CC(C)CC(=O)Nc1cncc(-c2ccc3[nH]nc(-c4cc5c(-c6cccnc6)nccc5[nH]4)c3n2)c1. The number of amides is 1. The molecule has 0 bridgehead atoms. The topological polar surface area (TPSA) is 125 Å². The number of rotatable bonds is 6. The smallest absolute Gasteiger partial charge is 0.224 e. The number of fused-ring (bicyclic) bond motifs is 2. The number of pyridine rings is 4. The van der Waals surface area contributed by atoms with Crippen LogP contribution in [0.15, 0.2) is 73.4 Å². The summed E-state index contributed by atoms with van der Waals surface area (Å²) < 4.78 is 0. The van der Waals surface area contributed by atoms with Crippen LogP contribution in [0.5, 0.6) is 0 Å². The van der Waals surface area contributed by atoms with Gasteiger partial charge in [-0.15, -0.1) is 0 Å². The Morgan fingerprint density at radius 2 is 1.84 bits per heavy atom. The van der Waals surface area contributed by atoms with Crippen LogP contribution in [0.25, 0.3) is 55.8 Å². The lowest BCUT2D eigenvalue weighted by atomic mass is 10.1. The van der Waals surface area contributed by atoms with E-state index in [-0.39, 0.29) is 11.8 Å². The van der Waals surface area contributed by atoms with Gasteiger partial charge in [-0.05, 0) is 48.4 Å². The van der Waals surface area contributed by atoms with E-state index in [1.807, 2.05) is 56.3 Å². The number of hydrogen-bond donors (Lipinski definition) is 3. The first-order valence-electron chi connectivity index (χ1n) is 12.0. The van der Waals surface area contributed by atoms with Crippen LogP contribution < -0.4 is 5.32 Å². The van der Waals surface area contributed by atoms with Gasteiger partial charge in [-0.1, -0.05) is 13.8 Å². The maximum absolute atomic E-state index is 12.2. The molecule has 1 amide bonds. The highest BCUT2D eigenvalue weighted by molar-refractivity contribution is 5.99. The molecule has 182 valence electrons. The van der Waals surface area contributed by atoms with Crippen LogP contribution in [0.2, 0.25) is 0 Å². The van der Waals surface area contributed by atoms with E-state index in [1.54, 1.807) is 31.0 Å². The highest BCUT2D eigenvalue weighted by Gasteiger charge is 2.16. The third-order valence-electron chi connectivity index (χ3n) is 6.06. The first-order valence-corrected chi connectivity index (χ1v) is 12.0. The molecule has 6 rings (SSSR count). The Labute approximate surface area is 212 Å². The number of anilines is 1. The molecule has 37 heavy (non-hydrogen) atoms. The number of nitrogens with zero attached hydrogens (tertiary/aromatic N) is 5. The van der Waals surface area contributed by atoms with Gasteiger partial charge in [0, 0.05) is 53.2 Å². The van der Waals surface area contributed by atoms with Crippen molar-refractivity contribution in [3.63, 3.8) is 0 Å². The third kappa shape index (κ3) is 4.42. The zero-order valence-electron chi connectivity index (χ0n) is 20.4. The molecule has 3 N–H and O–H groups in total. The second-order valence-corrected chi connectivity index (χ2v) is 9.32. The molecule has 0 aromatic carbocycles. The average Bonchev–Trinajstić information content (AvgIpc) is 3.52. The number of carbonyl (C=O) groups is 1. The predicted molar refractivity (Wildman–Crippen MR) is 144 cm³/mol. The van der Waals surface area contributed by atoms with E-state index < -0.39 is 0 Å². The number of H-pyrrole nitrogens is 2. The standard InChI is InChI=1S/C28H24N8O/c1-16(2)10-25(37)32-19-11-18(14-30-15-19)21-5-6-23-27(34-21)28(36-35-23)24-12-20-22(33-24)7-9-31-26(20)17-4-3-8-29-13-17/h3-9,11-16,33H,10H2,1-2H3,(H,32,37)(H,35,36).